The molecule has 27 heavy (non-hydrogen) atoms. The number of benzene rings is 1. The first-order valence-electron chi connectivity index (χ1n) is 8.34. The van der Waals surface area contributed by atoms with E-state index in [-0.39, 0.29) is 5.84 Å². The third-order valence-corrected chi connectivity index (χ3v) is 4.36. The Morgan fingerprint density at radius 2 is 2.11 bits per heavy atom. The molecule has 3 rings (SSSR count). The summed E-state index contributed by atoms with van der Waals surface area (Å²) in [6.07, 6.45) is 0.924. The van der Waals surface area contributed by atoms with E-state index in [1.165, 1.54) is 13.2 Å². The molecule has 0 spiro atoms. The second-order valence-electron chi connectivity index (χ2n) is 6.15. The summed E-state index contributed by atoms with van der Waals surface area (Å²) in [6.45, 7) is -1.12. The Balaban J connectivity index is 1.75. The van der Waals surface area contributed by atoms with Gasteiger partial charge in [0.2, 0.25) is 5.91 Å². The van der Waals surface area contributed by atoms with Crippen molar-refractivity contribution in [3.05, 3.63) is 36.0 Å². The number of pyridine rings is 1. The fraction of sp³-hybridized carbons (Fsp3) is 0.333. The maximum atomic E-state index is 13.5. The summed E-state index contributed by atoms with van der Waals surface area (Å²) >= 11 is 0. The molecule has 2 aromatic rings. The third-order valence-electron chi connectivity index (χ3n) is 4.36. The first kappa shape index (κ1) is 18.7. The fourth-order valence-corrected chi connectivity index (χ4v) is 3.06. The van der Waals surface area contributed by atoms with Crippen molar-refractivity contribution < 1.29 is 18.4 Å². The van der Waals surface area contributed by atoms with Crippen molar-refractivity contribution in [3.63, 3.8) is 0 Å². The van der Waals surface area contributed by atoms with Crippen LogP contribution >= 0.6 is 0 Å². The van der Waals surface area contributed by atoms with Gasteiger partial charge in [0.1, 0.15) is 5.84 Å². The number of amides is 2. The zero-order valence-electron chi connectivity index (χ0n) is 14.9. The minimum absolute atomic E-state index is 0.0206. The second kappa shape index (κ2) is 7.26. The molecule has 1 aromatic carbocycles. The zero-order valence-corrected chi connectivity index (χ0v) is 14.9. The van der Waals surface area contributed by atoms with Gasteiger partial charge in [-0.15, -0.1) is 0 Å². The highest BCUT2D eigenvalue weighted by Crippen LogP contribution is 2.28. The lowest BCUT2D eigenvalue weighted by Gasteiger charge is -2.17. The van der Waals surface area contributed by atoms with Crippen molar-refractivity contribution in [2.75, 3.05) is 32.5 Å². The van der Waals surface area contributed by atoms with Crippen LogP contribution < -0.4 is 10.6 Å². The maximum absolute atomic E-state index is 13.5. The largest absolute Gasteiger partial charge is 0.386 e. The number of anilines is 1. The summed E-state index contributed by atoms with van der Waals surface area (Å²) in [5, 5.41) is 6.13. The molecular formula is C18H19F2N5O2. The van der Waals surface area contributed by atoms with Crippen molar-refractivity contribution in [1.82, 2.24) is 15.2 Å². The van der Waals surface area contributed by atoms with E-state index in [0.29, 0.717) is 16.5 Å². The van der Waals surface area contributed by atoms with E-state index in [1.54, 1.807) is 25.2 Å². The highest BCUT2D eigenvalue weighted by atomic mass is 19.3. The van der Waals surface area contributed by atoms with E-state index in [0.717, 1.165) is 10.6 Å². The quantitative estimate of drug-likeness (QED) is 0.855. The van der Waals surface area contributed by atoms with Gasteiger partial charge in [0.05, 0.1) is 36.3 Å². The number of nitrogens with zero attached hydrogens (tertiary/aromatic N) is 3. The van der Waals surface area contributed by atoms with Gasteiger partial charge in [-0.1, -0.05) is 12.1 Å². The van der Waals surface area contributed by atoms with Gasteiger partial charge < -0.3 is 10.6 Å². The van der Waals surface area contributed by atoms with Crippen LogP contribution in [0.3, 0.4) is 0 Å². The van der Waals surface area contributed by atoms with Crippen LogP contribution in [0.15, 0.2) is 35.5 Å². The Kier molecular flexibility index (Phi) is 5.02. The van der Waals surface area contributed by atoms with Gasteiger partial charge in [-0.05, 0) is 12.1 Å². The predicted octanol–water partition coefficient (Wildman–Crippen LogP) is 1.90. The third kappa shape index (κ3) is 3.71. The van der Waals surface area contributed by atoms with Gasteiger partial charge in [-0.25, -0.2) is 8.78 Å². The zero-order chi connectivity index (χ0) is 19.6. The van der Waals surface area contributed by atoms with Crippen LogP contribution in [0.1, 0.15) is 16.8 Å². The van der Waals surface area contributed by atoms with Crippen molar-refractivity contribution in [1.29, 1.82) is 0 Å². The van der Waals surface area contributed by atoms with Gasteiger partial charge in [-0.2, -0.15) is 0 Å². The van der Waals surface area contributed by atoms with E-state index in [1.807, 2.05) is 6.07 Å². The van der Waals surface area contributed by atoms with Gasteiger partial charge in [0, 0.05) is 25.7 Å². The predicted molar refractivity (Wildman–Crippen MR) is 98.3 cm³/mol. The number of hydrogen-bond donors (Lipinski definition) is 2. The molecule has 0 unspecified atom stereocenters. The molecule has 1 aromatic heterocycles. The van der Waals surface area contributed by atoms with Crippen molar-refractivity contribution in [2.24, 2.45) is 4.99 Å². The second-order valence-corrected chi connectivity index (χ2v) is 6.15. The molecule has 2 amide bonds. The Bertz CT molecular complexity index is 929. The van der Waals surface area contributed by atoms with Crippen LogP contribution in [-0.2, 0) is 4.79 Å². The highest BCUT2D eigenvalue weighted by molar-refractivity contribution is 6.09. The molecule has 1 saturated heterocycles. The Morgan fingerprint density at radius 1 is 1.33 bits per heavy atom. The number of hydrogen-bond acceptors (Lipinski definition) is 5. The molecule has 7 nitrogen and oxygen atoms in total. The summed E-state index contributed by atoms with van der Waals surface area (Å²) in [5.41, 5.74) is 1.74. The summed E-state index contributed by atoms with van der Waals surface area (Å²) in [5.74, 6) is -4.09. The van der Waals surface area contributed by atoms with E-state index in [4.69, 9.17) is 0 Å². The molecule has 0 atom stereocenters. The molecule has 142 valence electrons. The minimum atomic E-state index is -3.00. The van der Waals surface area contributed by atoms with E-state index in [2.05, 4.69) is 20.6 Å². The number of para-hydroxylation sites is 1. The SMILES string of the molecule is C/N=C1/CC(F)(F)CN1C(=O)CNC(=O)c1ccnc2c(NC)cccc12. The Morgan fingerprint density at radius 3 is 2.81 bits per heavy atom. The number of alkyl halides is 2. The monoisotopic (exact) mass is 375 g/mol. The van der Waals surface area contributed by atoms with Crippen molar-refractivity contribution in [3.8, 4) is 0 Å². The number of fused-ring (bicyclic) bond motifs is 1. The smallest absolute Gasteiger partial charge is 0.272 e. The summed E-state index contributed by atoms with van der Waals surface area (Å²) in [6, 6.07) is 6.92. The van der Waals surface area contributed by atoms with Gasteiger partial charge >= 0.3 is 0 Å². The number of amidine groups is 1. The minimum Gasteiger partial charge on any atom is -0.386 e. The topological polar surface area (TPSA) is 86.7 Å². The molecule has 0 bridgehead atoms. The molecule has 0 aliphatic carbocycles. The molecule has 9 heteroatoms. The van der Waals surface area contributed by atoms with E-state index < -0.39 is 37.2 Å². The van der Waals surface area contributed by atoms with E-state index in [9.17, 15) is 18.4 Å². The number of carbonyl (C=O) groups is 2. The molecule has 1 aliphatic heterocycles. The van der Waals surface area contributed by atoms with Crippen LogP contribution in [-0.4, -0.2) is 60.6 Å². The average Bonchev–Trinajstić information content (AvgIpc) is 2.99. The van der Waals surface area contributed by atoms with Gasteiger partial charge in [-0.3, -0.25) is 24.5 Å². The number of aromatic nitrogens is 1. The van der Waals surface area contributed by atoms with Crippen LogP contribution in [0.4, 0.5) is 14.5 Å². The molecule has 2 heterocycles. The summed E-state index contributed by atoms with van der Waals surface area (Å²) in [4.78, 5) is 33.8. The lowest BCUT2D eigenvalue weighted by atomic mass is 10.1. The lowest BCUT2D eigenvalue weighted by molar-refractivity contribution is -0.128. The van der Waals surface area contributed by atoms with Gasteiger partial charge in [0.25, 0.3) is 11.8 Å². The molecule has 0 radical (unpaired) electrons. The lowest BCUT2D eigenvalue weighted by Crippen LogP contribution is -2.41. The fourth-order valence-electron chi connectivity index (χ4n) is 3.06. The highest BCUT2D eigenvalue weighted by Gasteiger charge is 2.44. The van der Waals surface area contributed by atoms with Crippen molar-refractivity contribution in [2.45, 2.75) is 12.3 Å². The Labute approximate surface area is 154 Å². The van der Waals surface area contributed by atoms with Crippen LogP contribution in [0.25, 0.3) is 10.9 Å². The number of carbonyl (C=O) groups excluding carboxylic acids is 2. The molecular weight excluding hydrogens is 356 g/mol. The first-order valence-corrected chi connectivity index (χ1v) is 8.34. The Hall–Kier alpha value is -3.10. The van der Waals surface area contributed by atoms with Crippen LogP contribution in [0.5, 0.6) is 0 Å². The number of rotatable bonds is 4. The first-order chi connectivity index (χ1) is 12.9. The number of halogens is 2. The number of aliphatic imine (C=N–C) groups is 1. The van der Waals surface area contributed by atoms with E-state index >= 15 is 0 Å². The molecule has 1 aliphatic rings. The standard InChI is InChI=1S/C18H19F2N5O2/c1-21-13-5-3-4-11-12(6-7-23-16(11)13)17(27)24-9-15(26)25-10-18(19,20)8-14(25)22-2/h3-7,21H,8-10H2,1-2H3,(H,24,27)/b22-14-. The van der Waals surface area contributed by atoms with Crippen LogP contribution in [0.2, 0.25) is 0 Å². The van der Waals surface area contributed by atoms with Crippen LogP contribution in [0, 0.1) is 0 Å². The number of nitrogens with one attached hydrogen (secondary N) is 2. The van der Waals surface area contributed by atoms with Crippen molar-refractivity contribution >= 4 is 34.2 Å². The molecule has 1 fully saturated rings. The summed E-state index contributed by atoms with van der Waals surface area (Å²) in [7, 11) is 3.11. The normalized spacial score (nSPS) is 17.3. The maximum Gasteiger partial charge on any atom is 0.272 e. The van der Waals surface area contributed by atoms with Gasteiger partial charge in [0.15, 0.2) is 0 Å². The molecule has 2 N–H and O–H groups in total. The average molecular weight is 375 g/mol. The summed E-state index contributed by atoms with van der Waals surface area (Å²) < 4.78 is 27.1. The molecule has 0 saturated carbocycles. The number of likely N-dealkylation sites (tertiary alicyclic amines) is 1.